The van der Waals surface area contributed by atoms with Crippen molar-refractivity contribution >= 4 is 24.8 Å². The second kappa shape index (κ2) is 166. The van der Waals surface area contributed by atoms with E-state index in [9.17, 15) is 0 Å². The fourth-order valence-electron chi connectivity index (χ4n) is 0. The zero-order valence-corrected chi connectivity index (χ0v) is 11.5. The van der Waals surface area contributed by atoms with Gasteiger partial charge in [-0.1, -0.05) is 0 Å². The summed E-state index contributed by atoms with van der Waals surface area (Å²) in [7, 11) is 0. The van der Waals surface area contributed by atoms with Crippen molar-refractivity contribution in [2.45, 2.75) is 0 Å². The van der Waals surface area contributed by atoms with Crippen molar-refractivity contribution in [2.24, 2.45) is 0 Å². The summed E-state index contributed by atoms with van der Waals surface area (Å²) in [6, 6.07) is 0. The SMILES string of the molecule is Cl.Cl.N.N.[Cl-].[Cl-].[Cl-].[Cl-].[Re]. The van der Waals surface area contributed by atoms with Crippen LogP contribution in [-0.4, -0.2) is 0 Å². The van der Waals surface area contributed by atoms with Gasteiger partial charge in [0.25, 0.3) is 0 Å². The molecule has 0 saturated heterocycles. The Morgan fingerprint density at radius 2 is 0.444 bits per heavy atom. The van der Waals surface area contributed by atoms with Crippen molar-refractivity contribution in [2.75, 3.05) is 0 Å². The molecule has 0 aliphatic heterocycles. The Kier molecular flexibility index (Phi) is 4130. The summed E-state index contributed by atoms with van der Waals surface area (Å²) in [4.78, 5) is 0. The minimum absolute atomic E-state index is 0. The van der Waals surface area contributed by atoms with Crippen LogP contribution in [0.3, 0.4) is 0 Å². The van der Waals surface area contributed by atoms with Crippen LogP contribution in [0.15, 0.2) is 0 Å². The molecular formula is H8Cl6N2Re-4. The molecule has 0 atom stereocenters. The number of hydrogen-bond acceptors (Lipinski definition) is 2. The molecule has 71 valence electrons. The van der Waals surface area contributed by atoms with E-state index in [1.54, 1.807) is 0 Å². The fraction of sp³-hybridized carbons (Fsp3) is 0. The molecule has 0 amide bonds. The Morgan fingerprint density at radius 3 is 0.444 bits per heavy atom. The van der Waals surface area contributed by atoms with Gasteiger partial charge in [0.1, 0.15) is 0 Å². The second-order valence-electron chi connectivity index (χ2n) is 0. The molecule has 0 aliphatic rings. The normalized spacial score (nSPS) is 0. The third-order valence-electron chi connectivity index (χ3n) is 0. The molecule has 0 fully saturated rings. The molecule has 2 nitrogen and oxygen atoms in total. The first-order chi connectivity index (χ1) is 0. The smallest absolute Gasteiger partial charge is 0 e. The number of rotatable bonds is 0. The zero-order valence-electron chi connectivity index (χ0n) is 4.12. The van der Waals surface area contributed by atoms with E-state index in [1.165, 1.54) is 0 Å². The van der Waals surface area contributed by atoms with Crippen LogP contribution < -0.4 is 61.9 Å². The van der Waals surface area contributed by atoms with Crippen molar-refractivity contribution in [3.8, 4) is 0 Å². The summed E-state index contributed by atoms with van der Waals surface area (Å²) < 4.78 is 0. The van der Waals surface area contributed by atoms with E-state index < -0.39 is 0 Å². The average molecular weight is 435 g/mol. The van der Waals surface area contributed by atoms with Gasteiger partial charge in [-0.25, -0.2) is 0 Å². The Morgan fingerprint density at radius 1 is 0.444 bits per heavy atom. The summed E-state index contributed by atoms with van der Waals surface area (Å²) in [5.41, 5.74) is 0. The predicted octanol–water partition coefficient (Wildman–Crippen LogP) is -10.8. The maximum absolute atomic E-state index is 0. The zero-order chi connectivity index (χ0) is 0. The third-order valence-corrected chi connectivity index (χ3v) is 0. The minimum Gasteiger partial charge on any atom is -1.00 e. The summed E-state index contributed by atoms with van der Waals surface area (Å²) >= 11 is 0. The largest absolute Gasteiger partial charge is 1.00 e. The van der Waals surface area contributed by atoms with Gasteiger partial charge in [-0.05, 0) is 0 Å². The van der Waals surface area contributed by atoms with Gasteiger partial charge in [-0.2, -0.15) is 0 Å². The monoisotopic (exact) mass is 433 g/mol. The van der Waals surface area contributed by atoms with Gasteiger partial charge >= 0.3 is 0 Å². The molecule has 1 radical (unpaired) electrons. The minimum atomic E-state index is 0. The molecule has 0 aromatic heterocycles. The molecule has 0 saturated carbocycles. The standard InChI is InChI=1S/6ClH.2H3N.Re/h6*1H;2*1H3;/p-4. The summed E-state index contributed by atoms with van der Waals surface area (Å²) in [5, 5.41) is 0. The van der Waals surface area contributed by atoms with E-state index in [4.69, 9.17) is 0 Å². The average Bonchev–Trinajstić information content (AvgIpc) is 0. The van der Waals surface area contributed by atoms with Gasteiger partial charge in [-0.15, -0.1) is 24.8 Å². The molecule has 0 bridgehead atoms. The van der Waals surface area contributed by atoms with Gasteiger partial charge in [0.05, 0.1) is 0 Å². The van der Waals surface area contributed by atoms with Crippen LogP contribution in [0.5, 0.6) is 0 Å². The first kappa shape index (κ1) is 224. The van der Waals surface area contributed by atoms with Gasteiger partial charge in [0, 0.05) is 20.4 Å². The second-order valence-corrected chi connectivity index (χ2v) is 0. The van der Waals surface area contributed by atoms with E-state index in [-0.39, 0.29) is 107 Å². The summed E-state index contributed by atoms with van der Waals surface area (Å²) in [5.74, 6) is 0. The van der Waals surface area contributed by atoms with Crippen LogP contribution in [0.4, 0.5) is 0 Å². The molecule has 0 aromatic carbocycles. The van der Waals surface area contributed by atoms with E-state index in [1.807, 2.05) is 0 Å². The maximum atomic E-state index is 0. The number of hydrogen-bond donors (Lipinski definition) is 2. The Hall–Kier alpha value is 2.32. The molecule has 0 heterocycles. The van der Waals surface area contributed by atoms with Crippen molar-refractivity contribution in [1.29, 1.82) is 0 Å². The predicted molar refractivity (Wildman–Crippen MR) is 24.5 cm³/mol. The van der Waals surface area contributed by atoms with Crippen LogP contribution in [0.1, 0.15) is 0 Å². The van der Waals surface area contributed by atoms with Crippen LogP contribution in [0.2, 0.25) is 0 Å². The number of halogens is 6. The van der Waals surface area contributed by atoms with E-state index >= 15 is 0 Å². The molecule has 6 N–H and O–H groups in total. The Balaban J connectivity index is 0. The molecule has 0 unspecified atom stereocenters. The van der Waals surface area contributed by atoms with Crippen LogP contribution in [-0.2, 0) is 20.4 Å². The molecule has 9 heavy (non-hydrogen) atoms. The fourth-order valence-corrected chi connectivity index (χ4v) is 0. The summed E-state index contributed by atoms with van der Waals surface area (Å²) in [6.45, 7) is 0. The summed E-state index contributed by atoms with van der Waals surface area (Å²) in [6.07, 6.45) is 0. The van der Waals surface area contributed by atoms with Gasteiger partial charge < -0.3 is 61.9 Å². The van der Waals surface area contributed by atoms with Crippen LogP contribution in [0, 0.1) is 0 Å². The van der Waals surface area contributed by atoms with E-state index in [2.05, 4.69) is 0 Å². The molecule has 0 aliphatic carbocycles. The van der Waals surface area contributed by atoms with Crippen molar-refractivity contribution < 1.29 is 70.1 Å². The topological polar surface area (TPSA) is 70.0 Å². The maximum Gasteiger partial charge on any atom is 0 e. The third kappa shape index (κ3) is 133. The van der Waals surface area contributed by atoms with Gasteiger partial charge in [0.2, 0.25) is 0 Å². The van der Waals surface area contributed by atoms with Gasteiger partial charge in [0.15, 0.2) is 0 Å². The van der Waals surface area contributed by atoms with E-state index in [0.717, 1.165) is 0 Å². The molecule has 0 spiro atoms. The van der Waals surface area contributed by atoms with Crippen molar-refractivity contribution in [1.82, 2.24) is 12.3 Å². The van der Waals surface area contributed by atoms with Crippen LogP contribution >= 0.6 is 24.8 Å². The van der Waals surface area contributed by atoms with Gasteiger partial charge in [-0.3, -0.25) is 0 Å². The Bertz CT molecular complexity index is 11.0. The van der Waals surface area contributed by atoms with Crippen molar-refractivity contribution in [3.63, 3.8) is 0 Å². The first-order valence-corrected chi connectivity index (χ1v) is 0. The molecule has 9 heteroatoms. The molecule has 0 aromatic rings. The Labute approximate surface area is 106 Å². The molecule has 0 rings (SSSR count). The first-order valence-electron chi connectivity index (χ1n) is 0. The van der Waals surface area contributed by atoms with Crippen LogP contribution in [0.25, 0.3) is 0 Å². The van der Waals surface area contributed by atoms with Crippen molar-refractivity contribution in [3.05, 3.63) is 0 Å². The molecular weight excluding hydrogens is 427 g/mol. The quantitative estimate of drug-likeness (QED) is 0.397. The van der Waals surface area contributed by atoms with E-state index in [0.29, 0.717) is 0 Å².